The lowest BCUT2D eigenvalue weighted by Gasteiger charge is -2.04. The zero-order chi connectivity index (χ0) is 12.9. The number of rotatable bonds is 5. The van der Waals surface area contributed by atoms with E-state index in [0.29, 0.717) is 11.9 Å². The van der Waals surface area contributed by atoms with Crippen LogP contribution in [0.2, 0.25) is 0 Å². The molecular weight excluding hydrogens is 243 g/mol. The normalized spacial score (nSPS) is 11.1. The van der Waals surface area contributed by atoms with Crippen LogP contribution >= 0.6 is 0 Å². The highest BCUT2D eigenvalue weighted by atomic mass is 32.2. The third-order valence-corrected chi connectivity index (χ3v) is 2.56. The molecule has 7 heteroatoms. The lowest BCUT2D eigenvalue weighted by molar-refractivity contribution is -0.141. The van der Waals surface area contributed by atoms with Crippen molar-refractivity contribution in [3.8, 4) is 0 Å². The average Bonchev–Trinajstić information content (AvgIpc) is 2.25. The molecule has 0 aliphatic rings. The van der Waals surface area contributed by atoms with E-state index in [1.54, 1.807) is 24.3 Å². The Morgan fingerprint density at radius 2 is 1.76 bits per heavy atom. The number of hydrogen-bond donors (Lipinski definition) is 1. The number of carbonyl (C=O) groups excluding carboxylic acids is 1. The summed E-state index contributed by atoms with van der Waals surface area (Å²) >= 11 is 0. The molecular formula is C10H11BO5S. The maximum Gasteiger partial charge on any atom is 0.323 e. The summed E-state index contributed by atoms with van der Waals surface area (Å²) in [6.07, 6.45) is 0.419. The molecule has 0 heterocycles. The summed E-state index contributed by atoms with van der Waals surface area (Å²) in [6, 6.07) is 7.02. The zero-order valence-electron chi connectivity index (χ0n) is 9.00. The van der Waals surface area contributed by atoms with E-state index in [-0.39, 0.29) is 6.61 Å². The molecule has 0 aliphatic carbocycles. The van der Waals surface area contributed by atoms with E-state index in [0.717, 1.165) is 5.56 Å². The number of esters is 1. The van der Waals surface area contributed by atoms with E-state index in [1.165, 1.54) is 0 Å². The van der Waals surface area contributed by atoms with Crippen molar-refractivity contribution in [1.82, 2.24) is 0 Å². The summed E-state index contributed by atoms with van der Waals surface area (Å²) < 4.78 is 33.8. The Bertz CT molecular complexity index is 480. The topological polar surface area (TPSA) is 80.7 Å². The first-order valence-corrected chi connectivity index (χ1v) is 6.40. The summed E-state index contributed by atoms with van der Waals surface area (Å²) in [5.74, 6) is -2.02. The van der Waals surface area contributed by atoms with E-state index in [9.17, 15) is 13.2 Å². The van der Waals surface area contributed by atoms with Crippen LogP contribution in [0.5, 0.6) is 0 Å². The predicted octanol–water partition coefficient (Wildman–Crippen LogP) is 0.286. The van der Waals surface area contributed by atoms with Crippen molar-refractivity contribution in [2.24, 2.45) is 0 Å². The van der Waals surface area contributed by atoms with E-state index >= 15 is 0 Å². The van der Waals surface area contributed by atoms with Crippen LogP contribution in [0.3, 0.4) is 0 Å². The minimum Gasteiger partial charge on any atom is -0.460 e. The molecule has 0 amide bonds. The van der Waals surface area contributed by atoms with Gasteiger partial charge in [-0.15, -0.1) is 0 Å². The van der Waals surface area contributed by atoms with Gasteiger partial charge in [0.05, 0.1) is 7.85 Å². The van der Waals surface area contributed by atoms with Crippen LogP contribution in [0.25, 0.3) is 0 Å². The van der Waals surface area contributed by atoms with Gasteiger partial charge in [0.1, 0.15) is 6.61 Å². The van der Waals surface area contributed by atoms with Crippen molar-refractivity contribution in [1.29, 1.82) is 0 Å². The number of hydrogen-bond acceptors (Lipinski definition) is 4. The molecule has 90 valence electrons. The first kappa shape index (κ1) is 13.7. The van der Waals surface area contributed by atoms with Gasteiger partial charge in [0.15, 0.2) is 5.75 Å². The van der Waals surface area contributed by atoms with E-state index < -0.39 is 21.8 Å². The molecule has 0 aliphatic heterocycles. The van der Waals surface area contributed by atoms with Crippen molar-refractivity contribution in [2.75, 3.05) is 5.75 Å². The van der Waals surface area contributed by atoms with Gasteiger partial charge < -0.3 is 4.74 Å². The minimum atomic E-state index is -4.33. The molecule has 0 saturated heterocycles. The molecule has 0 unspecified atom stereocenters. The molecule has 1 aromatic rings. The Morgan fingerprint density at radius 1 is 1.24 bits per heavy atom. The molecule has 0 saturated carbocycles. The van der Waals surface area contributed by atoms with Gasteiger partial charge in [-0.3, -0.25) is 9.35 Å². The van der Waals surface area contributed by atoms with Gasteiger partial charge in [-0.1, -0.05) is 36.1 Å². The van der Waals surface area contributed by atoms with Gasteiger partial charge in [0.25, 0.3) is 10.1 Å². The van der Waals surface area contributed by atoms with E-state index in [1.807, 2.05) is 0 Å². The summed E-state index contributed by atoms with van der Waals surface area (Å²) in [5.41, 5.74) is 1.66. The van der Waals surface area contributed by atoms with Crippen LogP contribution in [-0.4, -0.2) is 32.5 Å². The lowest BCUT2D eigenvalue weighted by Crippen LogP contribution is -2.17. The van der Waals surface area contributed by atoms with Gasteiger partial charge in [-0.25, -0.2) is 0 Å². The van der Waals surface area contributed by atoms with E-state index in [4.69, 9.17) is 12.4 Å². The van der Waals surface area contributed by atoms with E-state index in [2.05, 4.69) is 4.74 Å². The summed E-state index contributed by atoms with van der Waals surface area (Å²) in [4.78, 5) is 11.0. The van der Waals surface area contributed by atoms with Crippen LogP contribution in [0, 0.1) is 0 Å². The Kier molecular flexibility index (Phi) is 4.71. The fraction of sp³-hybridized carbons (Fsp3) is 0.300. The van der Waals surface area contributed by atoms with Gasteiger partial charge in [-0.2, -0.15) is 8.42 Å². The van der Waals surface area contributed by atoms with Crippen LogP contribution in [0.1, 0.15) is 11.1 Å². The predicted molar refractivity (Wildman–Crippen MR) is 62.1 cm³/mol. The average molecular weight is 254 g/mol. The van der Waals surface area contributed by atoms with Crippen LogP contribution in [0.4, 0.5) is 0 Å². The van der Waals surface area contributed by atoms with Crippen molar-refractivity contribution >= 4 is 23.9 Å². The Labute approximate surface area is 101 Å². The smallest absolute Gasteiger partial charge is 0.323 e. The Balaban J connectivity index is 2.47. The third-order valence-electron chi connectivity index (χ3n) is 1.96. The summed E-state index contributed by atoms with van der Waals surface area (Å²) in [7, 11) is 1.08. The molecule has 0 atom stereocenters. The second kappa shape index (κ2) is 5.83. The standard InChI is InChI=1S/C10H11BO5S/c11-5-8-1-3-9(4-2-8)6-16-10(12)7-17(13,14)15/h1-4H,5-7H2,(H,13,14,15). The molecule has 2 radical (unpaired) electrons. The van der Waals surface area contributed by atoms with Crippen LogP contribution in [-0.2, 0) is 32.6 Å². The quantitative estimate of drug-likeness (QED) is 0.464. The second-order valence-corrected chi connectivity index (χ2v) is 4.86. The molecule has 5 nitrogen and oxygen atoms in total. The fourth-order valence-corrected chi connectivity index (χ4v) is 1.51. The minimum absolute atomic E-state index is 0.0425. The van der Waals surface area contributed by atoms with Crippen molar-refractivity contribution in [3.05, 3.63) is 35.4 Å². The molecule has 0 bridgehead atoms. The first-order valence-electron chi connectivity index (χ1n) is 4.79. The maximum absolute atomic E-state index is 11.0. The maximum atomic E-state index is 11.0. The fourth-order valence-electron chi connectivity index (χ4n) is 1.13. The third kappa shape index (κ3) is 5.51. The highest BCUT2D eigenvalue weighted by molar-refractivity contribution is 7.86. The highest BCUT2D eigenvalue weighted by Gasteiger charge is 2.13. The zero-order valence-corrected chi connectivity index (χ0v) is 9.81. The van der Waals surface area contributed by atoms with Crippen LogP contribution < -0.4 is 0 Å². The SMILES string of the molecule is [B]Cc1ccc(COC(=O)CS(=O)(=O)O)cc1. The number of ether oxygens (including phenoxy) is 1. The molecule has 1 rings (SSSR count). The van der Waals surface area contributed by atoms with Crippen molar-refractivity contribution in [2.45, 2.75) is 12.9 Å². The Hall–Kier alpha value is -1.34. The lowest BCUT2D eigenvalue weighted by atomic mass is 9.96. The molecule has 0 aromatic heterocycles. The largest absolute Gasteiger partial charge is 0.460 e. The number of benzene rings is 1. The van der Waals surface area contributed by atoms with Gasteiger partial charge in [0, 0.05) is 0 Å². The molecule has 1 N–H and O–H groups in total. The van der Waals surface area contributed by atoms with Crippen molar-refractivity contribution in [3.63, 3.8) is 0 Å². The molecule has 17 heavy (non-hydrogen) atoms. The molecule has 0 spiro atoms. The second-order valence-electron chi connectivity index (χ2n) is 3.41. The first-order chi connectivity index (χ1) is 7.90. The molecule has 1 aromatic carbocycles. The summed E-state index contributed by atoms with van der Waals surface area (Å²) in [6.45, 7) is -0.0425. The molecule has 0 fully saturated rings. The van der Waals surface area contributed by atoms with Crippen molar-refractivity contribution < 1.29 is 22.5 Å². The van der Waals surface area contributed by atoms with Gasteiger partial charge in [0.2, 0.25) is 0 Å². The van der Waals surface area contributed by atoms with Gasteiger partial charge in [-0.05, 0) is 5.56 Å². The highest BCUT2D eigenvalue weighted by Crippen LogP contribution is 2.05. The monoisotopic (exact) mass is 254 g/mol. The number of carbonyl (C=O) groups is 1. The van der Waals surface area contributed by atoms with Crippen LogP contribution in [0.15, 0.2) is 24.3 Å². The van der Waals surface area contributed by atoms with Gasteiger partial charge >= 0.3 is 5.97 Å². The Morgan fingerprint density at radius 3 is 2.24 bits per heavy atom. The summed E-state index contributed by atoms with van der Waals surface area (Å²) in [5, 5.41) is 0.